The molecule has 7 nitrogen and oxygen atoms in total. The molecular weight excluding hydrogens is 410 g/mol. The molecule has 7 heteroatoms. The van der Waals surface area contributed by atoms with Crippen LogP contribution in [0.25, 0.3) is 0 Å². The van der Waals surface area contributed by atoms with Crippen molar-refractivity contribution < 1.29 is 28.5 Å². The highest BCUT2D eigenvalue weighted by atomic mass is 16.7. The van der Waals surface area contributed by atoms with Crippen LogP contribution in [0.2, 0.25) is 0 Å². The van der Waals surface area contributed by atoms with E-state index in [1.807, 2.05) is 38.4 Å². The zero-order valence-corrected chi connectivity index (χ0v) is 19.8. The first kappa shape index (κ1) is 23.7. The Labute approximate surface area is 190 Å². The molecular formula is C25H33NO6. The molecule has 0 N–H and O–H groups in total. The van der Waals surface area contributed by atoms with E-state index in [0.717, 1.165) is 29.7 Å². The Morgan fingerprint density at radius 2 is 1.81 bits per heavy atom. The summed E-state index contributed by atoms with van der Waals surface area (Å²) in [5.74, 6) is 3.25. The Balaban J connectivity index is 1.87. The fraction of sp³-hybridized carbons (Fsp3) is 0.480. The second-order valence-electron chi connectivity index (χ2n) is 8.24. The van der Waals surface area contributed by atoms with E-state index in [9.17, 15) is 4.79 Å². The van der Waals surface area contributed by atoms with Crippen LogP contribution in [-0.4, -0.2) is 59.4 Å². The summed E-state index contributed by atoms with van der Waals surface area (Å²) >= 11 is 0. The lowest BCUT2D eigenvalue weighted by atomic mass is 9.87. The van der Waals surface area contributed by atoms with E-state index in [0.29, 0.717) is 35.2 Å². The highest BCUT2D eigenvalue weighted by Crippen LogP contribution is 2.48. The third kappa shape index (κ3) is 5.10. The molecule has 0 spiro atoms. The summed E-state index contributed by atoms with van der Waals surface area (Å²) in [6, 6.07) is 7.61. The molecule has 1 aliphatic rings. The fourth-order valence-electron chi connectivity index (χ4n) is 4.19. The number of hydrogen-bond donors (Lipinski definition) is 0. The van der Waals surface area contributed by atoms with Gasteiger partial charge in [-0.05, 0) is 44.1 Å². The Kier molecular flexibility index (Phi) is 7.85. The van der Waals surface area contributed by atoms with Crippen molar-refractivity contribution in [3.05, 3.63) is 41.0 Å². The molecule has 1 unspecified atom stereocenters. The van der Waals surface area contributed by atoms with Crippen molar-refractivity contribution in [2.45, 2.75) is 32.1 Å². The number of methoxy groups -OCH3 is 3. The van der Waals surface area contributed by atoms with Crippen LogP contribution in [-0.2, 0) is 17.6 Å². The number of para-hydroxylation sites is 1. The molecule has 174 valence electrons. The highest BCUT2D eigenvalue weighted by molar-refractivity contribution is 5.83. The average Bonchev–Trinajstić information content (AvgIpc) is 3.24. The van der Waals surface area contributed by atoms with Crippen molar-refractivity contribution in [1.82, 2.24) is 4.90 Å². The molecule has 0 aliphatic carbocycles. The third-order valence-corrected chi connectivity index (χ3v) is 5.67. The van der Waals surface area contributed by atoms with Gasteiger partial charge in [-0.25, -0.2) is 0 Å². The summed E-state index contributed by atoms with van der Waals surface area (Å²) in [7, 11) is 8.89. The molecule has 3 rings (SSSR count). The number of fused-ring (bicyclic) bond motifs is 1. The predicted molar refractivity (Wildman–Crippen MR) is 123 cm³/mol. The quantitative estimate of drug-likeness (QED) is 0.523. The molecule has 1 atom stereocenters. The van der Waals surface area contributed by atoms with Gasteiger partial charge < -0.3 is 28.6 Å². The molecule has 0 bridgehead atoms. The molecule has 0 amide bonds. The smallest absolute Gasteiger partial charge is 0.231 e. The maximum atomic E-state index is 13.1. The Hall–Kier alpha value is -2.93. The zero-order chi connectivity index (χ0) is 23.3. The second-order valence-corrected chi connectivity index (χ2v) is 8.24. The Morgan fingerprint density at radius 3 is 2.47 bits per heavy atom. The van der Waals surface area contributed by atoms with Crippen LogP contribution in [0.3, 0.4) is 0 Å². The first-order chi connectivity index (χ1) is 15.4. The van der Waals surface area contributed by atoms with Crippen LogP contribution < -0.4 is 23.7 Å². The van der Waals surface area contributed by atoms with Crippen molar-refractivity contribution in [3.8, 4) is 28.7 Å². The number of Topliss-reactive ketones (excluding diaryl/α,β-unsaturated/α-hetero) is 1. The van der Waals surface area contributed by atoms with Crippen LogP contribution in [0.1, 0.15) is 36.0 Å². The predicted octanol–water partition coefficient (Wildman–Crippen LogP) is 3.85. The average molecular weight is 444 g/mol. The standard InChI is InChI=1S/C25H33NO6/c1-16(12-19(27)13-18-8-7-9-20(28-4)23(18)29-5)22-17(10-11-26(2)3)14-21-24(25(22)30-6)32-15-31-21/h7-9,14,16H,10-13,15H2,1-6H3. The molecule has 0 saturated carbocycles. The number of ether oxygens (including phenoxy) is 5. The number of likely N-dealkylation sites (N-methyl/N-ethyl adjacent to an activating group) is 1. The normalized spacial score (nSPS) is 13.2. The highest BCUT2D eigenvalue weighted by Gasteiger charge is 2.29. The number of nitrogens with zero attached hydrogens (tertiary/aromatic N) is 1. The van der Waals surface area contributed by atoms with Gasteiger partial charge in [0.15, 0.2) is 23.0 Å². The van der Waals surface area contributed by atoms with Crippen LogP contribution in [0.15, 0.2) is 24.3 Å². The summed E-state index contributed by atoms with van der Waals surface area (Å²) in [4.78, 5) is 15.2. The molecule has 0 radical (unpaired) electrons. The molecule has 2 aromatic rings. The summed E-state index contributed by atoms with van der Waals surface area (Å²) in [6.07, 6.45) is 1.45. The van der Waals surface area contributed by atoms with Gasteiger partial charge in [0.2, 0.25) is 12.5 Å². The first-order valence-corrected chi connectivity index (χ1v) is 10.7. The molecule has 0 saturated heterocycles. The van der Waals surface area contributed by atoms with Crippen LogP contribution >= 0.6 is 0 Å². The lowest BCUT2D eigenvalue weighted by Gasteiger charge is -2.22. The SMILES string of the molecule is COc1cccc(CC(=O)CC(C)c2c(CCN(C)C)cc3c(c2OC)OCO3)c1OC. The van der Waals surface area contributed by atoms with Gasteiger partial charge in [0.25, 0.3) is 0 Å². The molecule has 1 heterocycles. The van der Waals surface area contributed by atoms with E-state index in [-0.39, 0.29) is 24.9 Å². The van der Waals surface area contributed by atoms with Gasteiger partial charge in [-0.2, -0.15) is 0 Å². The fourth-order valence-corrected chi connectivity index (χ4v) is 4.19. The van der Waals surface area contributed by atoms with Gasteiger partial charge in [-0.15, -0.1) is 0 Å². The minimum Gasteiger partial charge on any atom is -0.493 e. The van der Waals surface area contributed by atoms with E-state index in [4.69, 9.17) is 23.7 Å². The minimum atomic E-state index is -0.0549. The van der Waals surface area contributed by atoms with Crippen LogP contribution in [0, 0.1) is 0 Å². The maximum absolute atomic E-state index is 13.1. The van der Waals surface area contributed by atoms with E-state index in [1.54, 1.807) is 21.3 Å². The van der Waals surface area contributed by atoms with E-state index >= 15 is 0 Å². The van der Waals surface area contributed by atoms with E-state index in [2.05, 4.69) is 11.8 Å². The van der Waals surface area contributed by atoms with Crippen molar-refractivity contribution in [2.75, 3.05) is 48.8 Å². The molecule has 2 aromatic carbocycles. The topological polar surface area (TPSA) is 66.5 Å². The molecule has 0 fully saturated rings. The number of benzene rings is 2. The third-order valence-electron chi connectivity index (χ3n) is 5.67. The van der Waals surface area contributed by atoms with Gasteiger partial charge in [0.1, 0.15) is 5.78 Å². The Bertz CT molecular complexity index is 956. The molecule has 1 aliphatic heterocycles. The van der Waals surface area contributed by atoms with Crippen LogP contribution in [0.4, 0.5) is 0 Å². The van der Waals surface area contributed by atoms with Crippen molar-refractivity contribution in [1.29, 1.82) is 0 Å². The van der Waals surface area contributed by atoms with Gasteiger partial charge in [-0.3, -0.25) is 4.79 Å². The molecule has 0 aromatic heterocycles. The summed E-state index contributed by atoms with van der Waals surface area (Å²) in [5, 5.41) is 0. The van der Waals surface area contributed by atoms with Crippen molar-refractivity contribution in [2.24, 2.45) is 0 Å². The second kappa shape index (κ2) is 10.6. The Morgan fingerprint density at radius 1 is 1.06 bits per heavy atom. The monoisotopic (exact) mass is 443 g/mol. The van der Waals surface area contributed by atoms with Gasteiger partial charge >= 0.3 is 0 Å². The van der Waals surface area contributed by atoms with Gasteiger partial charge in [0.05, 0.1) is 21.3 Å². The lowest BCUT2D eigenvalue weighted by Crippen LogP contribution is -2.17. The first-order valence-electron chi connectivity index (χ1n) is 10.7. The van der Waals surface area contributed by atoms with Gasteiger partial charge in [-0.1, -0.05) is 19.1 Å². The van der Waals surface area contributed by atoms with Crippen LogP contribution in [0.5, 0.6) is 28.7 Å². The molecule has 32 heavy (non-hydrogen) atoms. The van der Waals surface area contributed by atoms with Crippen molar-refractivity contribution >= 4 is 5.78 Å². The summed E-state index contributed by atoms with van der Waals surface area (Å²) in [5.41, 5.74) is 2.93. The van der Waals surface area contributed by atoms with E-state index < -0.39 is 0 Å². The van der Waals surface area contributed by atoms with Gasteiger partial charge in [0, 0.05) is 30.5 Å². The maximum Gasteiger partial charge on any atom is 0.231 e. The van der Waals surface area contributed by atoms with Crippen molar-refractivity contribution in [3.63, 3.8) is 0 Å². The number of hydrogen-bond acceptors (Lipinski definition) is 7. The summed E-state index contributed by atoms with van der Waals surface area (Å²) in [6.45, 7) is 3.10. The zero-order valence-electron chi connectivity index (χ0n) is 19.8. The number of carbonyl (C=O) groups is 1. The van der Waals surface area contributed by atoms with E-state index in [1.165, 1.54) is 0 Å². The number of ketones is 1. The number of rotatable bonds is 11. The largest absolute Gasteiger partial charge is 0.493 e. The number of carbonyl (C=O) groups excluding carboxylic acids is 1. The minimum absolute atomic E-state index is 0.0549. The summed E-state index contributed by atoms with van der Waals surface area (Å²) < 4.78 is 27.9. The lowest BCUT2D eigenvalue weighted by molar-refractivity contribution is -0.118.